The van der Waals surface area contributed by atoms with E-state index in [0.717, 1.165) is 18.9 Å². The van der Waals surface area contributed by atoms with Crippen molar-refractivity contribution in [1.82, 2.24) is 15.5 Å². The van der Waals surface area contributed by atoms with Crippen molar-refractivity contribution >= 4 is 29.9 Å². The molecule has 1 atom stereocenters. The summed E-state index contributed by atoms with van der Waals surface area (Å²) >= 11 is 0. The third-order valence-corrected chi connectivity index (χ3v) is 4.72. The van der Waals surface area contributed by atoms with E-state index in [1.54, 1.807) is 0 Å². The highest BCUT2D eigenvalue weighted by atomic mass is 127. The summed E-state index contributed by atoms with van der Waals surface area (Å²) in [6.07, 6.45) is 7.63. The standard InChI is InChI=1S/C19H32N4.HI/c1-20-19(22-17-12-8-5-9-13-17)21-15-18(23(2)3)14-16-10-6-4-7-11-16;/h4,6-7,10-11,17-18H,5,8-9,12-15H2,1-3H3,(H2,20,21,22);1H. The van der Waals surface area contributed by atoms with Crippen molar-refractivity contribution in [2.45, 2.75) is 50.6 Å². The number of aliphatic imine (C=N–C) groups is 1. The Morgan fingerprint density at radius 2 is 1.83 bits per heavy atom. The molecule has 2 rings (SSSR count). The molecule has 0 spiro atoms. The van der Waals surface area contributed by atoms with E-state index in [2.05, 4.69) is 65.0 Å². The minimum absolute atomic E-state index is 0. The quantitative estimate of drug-likeness (QED) is 0.402. The van der Waals surface area contributed by atoms with E-state index >= 15 is 0 Å². The Labute approximate surface area is 164 Å². The second-order valence-corrected chi connectivity index (χ2v) is 6.74. The van der Waals surface area contributed by atoms with Gasteiger partial charge in [-0.05, 0) is 38.9 Å². The zero-order valence-electron chi connectivity index (χ0n) is 15.3. The van der Waals surface area contributed by atoms with E-state index < -0.39 is 0 Å². The molecule has 1 saturated carbocycles. The summed E-state index contributed by atoms with van der Waals surface area (Å²) in [7, 11) is 6.15. The molecule has 5 heteroatoms. The van der Waals surface area contributed by atoms with Crippen LogP contribution in [0.4, 0.5) is 0 Å². The maximum Gasteiger partial charge on any atom is 0.191 e. The molecule has 1 fully saturated rings. The van der Waals surface area contributed by atoms with Gasteiger partial charge in [0.25, 0.3) is 0 Å². The fourth-order valence-electron chi connectivity index (χ4n) is 3.17. The van der Waals surface area contributed by atoms with Gasteiger partial charge in [0.1, 0.15) is 0 Å². The van der Waals surface area contributed by atoms with E-state index in [4.69, 9.17) is 0 Å². The van der Waals surface area contributed by atoms with Crippen molar-refractivity contribution in [3.63, 3.8) is 0 Å². The Morgan fingerprint density at radius 1 is 1.17 bits per heavy atom. The van der Waals surface area contributed by atoms with Crippen molar-refractivity contribution < 1.29 is 0 Å². The molecule has 1 aliphatic rings. The predicted octanol–water partition coefficient (Wildman–Crippen LogP) is 3.28. The zero-order chi connectivity index (χ0) is 16.5. The predicted molar refractivity (Wildman–Crippen MR) is 114 cm³/mol. The second-order valence-electron chi connectivity index (χ2n) is 6.74. The van der Waals surface area contributed by atoms with Crippen LogP contribution >= 0.6 is 24.0 Å². The largest absolute Gasteiger partial charge is 0.355 e. The van der Waals surface area contributed by atoms with Crippen molar-refractivity contribution in [2.75, 3.05) is 27.7 Å². The molecule has 1 aliphatic carbocycles. The van der Waals surface area contributed by atoms with Crippen LogP contribution in [0, 0.1) is 0 Å². The van der Waals surface area contributed by atoms with Gasteiger partial charge in [0, 0.05) is 25.7 Å². The van der Waals surface area contributed by atoms with Crippen LogP contribution in [-0.4, -0.2) is 50.6 Å². The maximum atomic E-state index is 4.40. The third kappa shape index (κ3) is 7.38. The Balaban J connectivity index is 0.00000288. The van der Waals surface area contributed by atoms with Gasteiger partial charge in [0.05, 0.1) is 0 Å². The highest BCUT2D eigenvalue weighted by molar-refractivity contribution is 14.0. The molecular formula is C19H33IN4. The zero-order valence-corrected chi connectivity index (χ0v) is 17.6. The van der Waals surface area contributed by atoms with Gasteiger partial charge in [-0.2, -0.15) is 0 Å². The van der Waals surface area contributed by atoms with Crippen LogP contribution in [0.2, 0.25) is 0 Å². The number of rotatable bonds is 6. The maximum absolute atomic E-state index is 4.40. The number of hydrogen-bond acceptors (Lipinski definition) is 2. The molecule has 1 unspecified atom stereocenters. The van der Waals surface area contributed by atoms with Crippen LogP contribution in [0.3, 0.4) is 0 Å². The van der Waals surface area contributed by atoms with Crippen molar-refractivity contribution in [3.8, 4) is 0 Å². The minimum Gasteiger partial charge on any atom is -0.355 e. The summed E-state index contributed by atoms with van der Waals surface area (Å²) in [6, 6.07) is 11.7. The Bertz CT molecular complexity index is 470. The molecule has 136 valence electrons. The molecule has 1 aromatic rings. The number of nitrogens with one attached hydrogen (secondary N) is 2. The first-order chi connectivity index (χ1) is 11.2. The van der Waals surface area contributed by atoms with Gasteiger partial charge in [-0.1, -0.05) is 49.6 Å². The molecule has 4 nitrogen and oxygen atoms in total. The number of halogens is 1. The molecule has 0 amide bonds. The monoisotopic (exact) mass is 444 g/mol. The molecular weight excluding hydrogens is 411 g/mol. The van der Waals surface area contributed by atoms with Gasteiger partial charge in [-0.15, -0.1) is 24.0 Å². The summed E-state index contributed by atoms with van der Waals surface area (Å²) in [5.41, 5.74) is 1.38. The molecule has 0 aromatic heterocycles. The first-order valence-electron chi connectivity index (χ1n) is 8.86. The fraction of sp³-hybridized carbons (Fsp3) is 0.632. The molecule has 0 aliphatic heterocycles. The van der Waals surface area contributed by atoms with Crippen LogP contribution in [0.1, 0.15) is 37.7 Å². The van der Waals surface area contributed by atoms with Crippen molar-refractivity contribution in [3.05, 3.63) is 35.9 Å². The third-order valence-electron chi connectivity index (χ3n) is 4.72. The number of nitrogens with zero attached hydrogens (tertiary/aromatic N) is 2. The van der Waals surface area contributed by atoms with Gasteiger partial charge in [-0.3, -0.25) is 4.99 Å². The van der Waals surface area contributed by atoms with E-state index in [-0.39, 0.29) is 24.0 Å². The van der Waals surface area contributed by atoms with Gasteiger partial charge >= 0.3 is 0 Å². The molecule has 1 aromatic carbocycles. The lowest BCUT2D eigenvalue weighted by atomic mass is 9.96. The van der Waals surface area contributed by atoms with Gasteiger partial charge in [-0.25, -0.2) is 0 Å². The van der Waals surface area contributed by atoms with Crippen molar-refractivity contribution in [1.29, 1.82) is 0 Å². The SMILES string of the molecule is CN=C(NCC(Cc1ccccc1)N(C)C)NC1CCCCC1.I. The summed E-state index contributed by atoms with van der Waals surface area (Å²) in [4.78, 5) is 6.68. The molecule has 0 saturated heterocycles. The number of likely N-dealkylation sites (N-methyl/N-ethyl adjacent to an activating group) is 1. The van der Waals surface area contributed by atoms with Crippen LogP contribution in [-0.2, 0) is 6.42 Å². The number of hydrogen-bond donors (Lipinski definition) is 2. The smallest absolute Gasteiger partial charge is 0.191 e. The first kappa shape index (κ1) is 21.2. The van der Waals surface area contributed by atoms with Crippen LogP contribution in [0.25, 0.3) is 0 Å². The normalized spacial score (nSPS) is 17.2. The average molecular weight is 444 g/mol. The second kappa shape index (κ2) is 11.7. The Morgan fingerprint density at radius 3 is 2.42 bits per heavy atom. The van der Waals surface area contributed by atoms with Gasteiger partial charge < -0.3 is 15.5 Å². The summed E-state index contributed by atoms with van der Waals surface area (Å²) in [5, 5.41) is 7.10. The fourth-order valence-corrected chi connectivity index (χ4v) is 3.17. The summed E-state index contributed by atoms with van der Waals surface area (Å²) < 4.78 is 0. The number of guanidine groups is 1. The van der Waals surface area contributed by atoms with Gasteiger partial charge in [0.2, 0.25) is 0 Å². The molecule has 2 N–H and O–H groups in total. The van der Waals surface area contributed by atoms with E-state index in [1.165, 1.54) is 37.7 Å². The van der Waals surface area contributed by atoms with Gasteiger partial charge in [0.15, 0.2) is 5.96 Å². The topological polar surface area (TPSA) is 39.7 Å². The highest BCUT2D eigenvalue weighted by Gasteiger charge is 2.16. The lowest BCUT2D eigenvalue weighted by Gasteiger charge is -2.28. The highest BCUT2D eigenvalue weighted by Crippen LogP contribution is 2.17. The summed E-state index contributed by atoms with van der Waals surface area (Å²) in [5.74, 6) is 0.941. The van der Waals surface area contributed by atoms with Crippen LogP contribution in [0.5, 0.6) is 0 Å². The lowest BCUT2D eigenvalue weighted by molar-refractivity contribution is 0.289. The minimum atomic E-state index is 0. The lowest BCUT2D eigenvalue weighted by Crippen LogP contribution is -2.49. The van der Waals surface area contributed by atoms with E-state index in [1.807, 2.05) is 7.05 Å². The Kier molecular flexibility index (Phi) is 10.3. The molecule has 0 bridgehead atoms. The molecule has 0 radical (unpaired) electrons. The van der Waals surface area contributed by atoms with E-state index in [0.29, 0.717) is 12.1 Å². The molecule has 24 heavy (non-hydrogen) atoms. The van der Waals surface area contributed by atoms with Crippen molar-refractivity contribution in [2.24, 2.45) is 4.99 Å². The number of benzene rings is 1. The van der Waals surface area contributed by atoms with Crippen LogP contribution in [0.15, 0.2) is 35.3 Å². The average Bonchev–Trinajstić information content (AvgIpc) is 2.59. The van der Waals surface area contributed by atoms with E-state index in [9.17, 15) is 0 Å². The van der Waals surface area contributed by atoms with Crippen LogP contribution < -0.4 is 10.6 Å². The first-order valence-corrected chi connectivity index (χ1v) is 8.86. The molecule has 0 heterocycles. The Hall–Kier alpha value is -0.820. The summed E-state index contributed by atoms with van der Waals surface area (Å²) in [6.45, 7) is 0.897.